The minimum Gasteiger partial charge on any atom is -0.497 e. The molecule has 0 spiro atoms. The summed E-state index contributed by atoms with van der Waals surface area (Å²) in [5, 5.41) is 3.21. The van der Waals surface area contributed by atoms with Gasteiger partial charge in [0.15, 0.2) is 0 Å². The lowest BCUT2D eigenvalue weighted by Gasteiger charge is -2.29. The van der Waals surface area contributed by atoms with Crippen LogP contribution in [-0.4, -0.2) is 42.8 Å². The number of carbonyl (C=O) groups is 1. The Bertz CT molecular complexity index is 779. The van der Waals surface area contributed by atoms with Gasteiger partial charge in [0.25, 0.3) is 0 Å². The van der Waals surface area contributed by atoms with Gasteiger partial charge < -0.3 is 10.1 Å². The first-order valence-corrected chi connectivity index (χ1v) is 10.5. The maximum absolute atomic E-state index is 12.8. The lowest BCUT2D eigenvalue weighted by molar-refractivity contribution is -0.120. The molecule has 142 valence electrons. The Kier molecular flexibility index (Phi) is 5.69. The number of benzene rings is 2. The molecule has 2 aromatic carbocycles. The molecule has 1 fully saturated rings. The van der Waals surface area contributed by atoms with Gasteiger partial charge in [0.1, 0.15) is 5.75 Å². The molecule has 27 heavy (non-hydrogen) atoms. The quantitative estimate of drug-likeness (QED) is 0.828. The van der Waals surface area contributed by atoms with Crippen LogP contribution in [0.1, 0.15) is 30.0 Å². The van der Waals surface area contributed by atoms with E-state index in [-0.39, 0.29) is 17.2 Å². The number of ether oxygens (including phenoxy) is 1. The van der Waals surface area contributed by atoms with E-state index in [0.29, 0.717) is 6.54 Å². The average molecular weight is 383 g/mol. The molecule has 0 aromatic heterocycles. The summed E-state index contributed by atoms with van der Waals surface area (Å²) in [6.45, 7) is 2.81. The molecule has 4 rings (SSSR count). The molecule has 0 bridgehead atoms. The lowest BCUT2D eigenvalue weighted by Crippen LogP contribution is -2.40. The standard InChI is InChI=1S/C22H26N2O2S/c1-26-18-9-6-8-16(13-18)19(24-11-4-5-12-24)15-23-22(25)21-14-17-7-2-3-10-20(17)27-21/h2-3,6-10,13,19,21H,4-5,11-12,14-15H2,1H3,(H,23,25). The van der Waals surface area contributed by atoms with Crippen LogP contribution in [0.25, 0.3) is 0 Å². The van der Waals surface area contributed by atoms with Crippen LogP contribution in [0.4, 0.5) is 0 Å². The summed E-state index contributed by atoms with van der Waals surface area (Å²) in [5.41, 5.74) is 2.49. The number of methoxy groups -OCH3 is 1. The number of hydrogen-bond donors (Lipinski definition) is 1. The smallest absolute Gasteiger partial charge is 0.233 e. The summed E-state index contributed by atoms with van der Waals surface area (Å²) in [7, 11) is 1.70. The van der Waals surface area contributed by atoms with Crippen molar-refractivity contribution in [3.8, 4) is 5.75 Å². The second-order valence-corrected chi connectivity index (χ2v) is 8.44. The highest BCUT2D eigenvalue weighted by Gasteiger charge is 2.30. The van der Waals surface area contributed by atoms with Crippen LogP contribution in [0.3, 0.4) is 0 Å². The van der Waals surface area contributed by atoms with Crippen molar-refractivity contribution in [2.75, 3.05) is 26.7 Å². The number of rotatable bonds is 6. The van der Waals surface area contributed by atoms with Crippen LogP contribution >= 0.6 is 11.8 Å². The first kappa shape index (κ1) is 18.4. The molecule has 0 saturated carbocycles. The minimum absolute atomic E-state index is 0.0214. The molecule has 0 radical (unpaired) electrons. The Morgan fingerprint density at radius 2 is 2.04 bits per heavy atom. The third kappa shape index (κ3) is 4.14. The van der Waals surface area contributed by atoms with E-state index >= 15 is 0 Å². The van der Waals surface area contributed by atoms with Crippen LogP contribution in [-0.2, 0) is 11.2 Å². The Balaban J connectivity index is 1.43. The van der Waals surface area contributed by atoms with E-state index in [9.17, 15) is 4.79 Å². The topological polar surface area (TPSA) is 41.6 Å². The third-order valence-electron chi connectivity index (χ3n) is 5.47. The van der Waals surface area contributed by atoms with E-state index < -0.39 is 0 Å². The first-order valence-electron chi connectivity index (χ1n) is 9.65. The van der Waals surface area contributed by atoms with Crippen molar-refractivity contribution in [1.29, 1.82) is 0 Å². The Morgan fingerprint density at radius 3 is 2.81 bits per heavy atom. The molecule has 2 aliphatic rings. The molecule has 1 saturated heterocycles. The average Bonchev–Trinajstić information content (AvgIpc) is 3.38. The molecular formula is C22H26N2O2S. The van der Waals surface area contributed by atoms with Gasteiger partial charge in [0, 0.05) is 11.4 Å². The molecule has 0 aliphatic carbocycles. The lowest BCUT2D eigenvalue weighted by atomic mass is 10.0. The van der Waals surface area contributed by atoms with Crippen molar-refractivity contribution in [2.45, 2.75) is 35.4 Å². The van der Waals surface area contributed by atoms with Gasteiger partial charge >= 0.3 is 0 Å². The molecule has 2 atom stereocenters. The minimum atomic E-state index is -0.0214. The van der Waals surface area contributed by atoms with Crippen molar-refractivity contribution in [3.63, 3.8) is 0 Å². The van der Waals surface area contributed by atoms with Crippen molar-refractivity contribution in [2.24, 2.45) is 0 Å². The summed E-state index contributed by atoms with van der Waals surface area (Å²) < 4.78 is 5.40. The molecule has 2 heterocycles. The van der Waals surface area contributed by atoms with Gasteiger partial charge in [-0.2, -0.15) is 0 Å². The van der Waals surface area contributed by atoms with Crippen LogP contribution in [0.15, 0.2) is 53.4 Å². The summed E-state index contributed by atoms with van der Waals surface area (Å²) in [5.74, 6) is 1.01. The summed E-state index contributed by atoms with van der Waals surface area (Å²) in [6, 6.07) is 16.7. The van der Waals surface area contributed by atoms with Gasteiger partial charge in [-0.1, -0.05) is 30.3 Å². The molecule has 2 unspecified atom stereocenters. The number of carbonyl (C=O) groups excluding carboxylic acids is 1. The third-order valence-corrected chi connectivity index (χ3v) is 6.79. The number of fused-ring (bicyclic) bond motifs is 1. The highest BCUT2D eigenvalue weighted by molar-refractivity contribution is 8.01. The summed E-state index contributed by atoms with van der Waals surface area (Å²) in [4.78, 5) is 16.5. The predicted molar refractivity (Wildman–Crippen MR) is 109 cm³/mol. The van der Waals surface area contributed by atoms with Crippen LogP contribution < -0.4 is 10.1 Å². The van der Waals surface area contributed by atoms with Gasteiger partial charge in [-0.15, -0.1) is 11.8 Å². The Hall–Kier alpha value is -1.98. The van der Waals surface area contributed by atoms with Gasteiger partial charge in [0.05, 0.1) is 18.4 Å². The maximum Gasteiger partial charge on any atom is 0.233 e. The molecule has 2 aromatic rings. The highest BCUT2D eigenvalue weighted by Crippen LogP contribution is 2.37. The number of hydrogen-bond acceptors (Lipinski definition) is 4. The van der Waals surface area contributed by atoms with Crippen molar-refractivity contribution in [1.82, 2.24) is 10.2 Å². The SMILES string of the molecule is COc1cccc(C(CNC(=O)C2Cc3ccccc3S2)N2CCCC2)c1. The Morgan fingerprint density at radius 1 is 1.22 bits per heavy atom. The zero-order valence-electron chi connectivity index (χ0n) is 15.7. The maximum atomic E-state index is 12.8. The number of thioether (sulfide) groups is 1. The number of likely N-dealkylation sites (tertiary alicyclic amines) is 1. The molecule has 1 amide bonds. The first-order chi connectivity index (χ1) is 13.2. The van der Waals surface area contributed by atoms with Gasteiger partial charge in [-0.05, 0) is 61.7 Å². The number of nitrogens with zero attached hydrogens (tertiary/aromatic N) is 1. The van der Waals surface area contributed by atoms with Crippen molar-refractivity contribution in [3.05, 3.63) is 59.7 Å². The largest absolute Gasteiger partial charge is 0.497 e. The molecule has 4 nitrogen and oxygen atoms in total. The van der Waals surface area contributed by atoms with Crippen molar-refractivity contribution >= 4 is 17.7 Å². The fraction of sp³-hybridized carbons (Fsp3) is 0.409. The number of amides is 1. The van der Waals surface area contributed by atoms with Crippen LogP contribution in [0, 0.1) is 0 Å². The normalized spacial score (nSPS) is 20.3. The van der Waals surface area contributed by atoms with E-state index in [1.54, 1.807) is 18.9 Å². The fourth-order valence-corrected chi connectivity index (χ4v) is 5.22. The monoisotopic (exact) mass is 382 g/mol. The molecule has 5 heteroatoms. The molecule has 2 aliphatic heterocycles. The molecular weight excluding hydrogens is 356 g/mol. The van der Waals surface area contributed by atoms with Gasteiger partial charge in [-0.3, -0.25) is 9.69 Å². The highest BCUT2D eigenvalue weighted by atomic mass is 32.2. The summed E-state index contributed by atoms with van der Waals surface area (Å²) >= 11 is 1.68. The second-order valence-electron chi connectivity index (χ2n) is 7.20. The zero-order valence-corrected chi connectivity index (χ0v) is 16.5. The van der Waals surface area contributed by atoms with Crippen LogP contribution in [0.2, 0.25) is 0 Å². The van der Waals surface area contributed by atoms with E-state index in [1.807, 2.05) is 24.3 Å². The van der Waals surface area contributed by atoms with E-state index in [2.05, 4.69) is 34.5 Å². The Labute approximate surface area is 165 Å². The van der Waals surface area contributed by atoms with E-state index in [0.717, 1.165) is 25.3 Å². The van der Waals surface area contributed by atoms with E-state index in [1.165, 1.54) is 28.9 Å². The van der Waals surface area contributed by atoms with Gasteiger partial charge in [0.2, 0.25) is 5.91 Å². The van der Waals surface area contributed by atoms with Gasteiger partial charge in [-0.25, -0.2) is 0 Å². The summed E-state index contributed by atoms with van der Waals surface area (Å²) in [6.07, 6.45) is 3.27. The second kappa shape index (κ2) is 8.36. The van der Waals surface area contributed by atoms with E-state index in [4.69, 9.17) is 4.74 Å². The zero-order chi connectivity index (χ0) is 18.6. The number of nitrogens with one attached hydrogen (secondary N) is 1. The van der Waals surface area contributed by atoms with Crippen molar-refractivity contribution < 1.29 is 9.53 Å². The fourth-order valence-electron chi connectivity index (χ4n) is 4.00. The molecule has 1 N–H and O–H groups in total. The van der Waals surface area contributed by atoms with Crippen LogP contribution in [0.5, 0.6) is 5.75 Å². The predicted octanol–water partition coefficient (Wildman–Crippen LogP) is 3.67.